The maximum absolute atomic E-state index is 11.8. The van der Waals surface area contributed by atoms with Gasteiger partial charge in [-0.2, -0.15) is 11.8 Å². The number of hydrogen-bond acceptors (Lipinski definition) is 3. The van der Waals surface area contributed by atoms with Gasteiger partial charge in [0.25, 0.3) is 5.91 Å². The van der Waals surface area contributed by atoms with E-state index in [1.165, 1.54) is 0 Å². The van der Waals surface area contributed by atoms with E-state index in [1.54, 1.807) is 30.0 Å². The monoisotopic (exact) mass is 272 g/mol. The largest absolute Gasteiger partial charge is 0.398 e. The van der Waals surface area contributed by atoms with E-state index >= 15 is 0 Å². The normalized spacial score (nSPS) is 12.2. The number of nitrogens with one attached hydrogen (secondary N) is 1. The molecule has 0 spiro atoms. The summed E-state index contributed by atoms with van der Waals surface area (Å²) in [5, 5.41) is 3.88. The number of amides is 1. The summed E-state index contributed by atoms with van der Waals surface area (Å²) in [6.07, 6.45) is 3.02. The van der Waals surface area contributed by atoms with Gasteiger partial charge in [0, 0.05) is 17.4 Å². The number of halogens is 1. The zero-order chi connectivity index (χ0) is 12.8. The van der Waals surface area contributed by atoms with Crippen molar-refractivity contribution in [2.45, 2.75) is 18.6 Å². The molecule has 1 unspecified atom stereocenters. The number of carbonyl (C=O) groups excluding carboxylic acids is 1. The minimum Gasteiger partial charge on any atom is -0.398 e. The molecule has 3 nitrogen and oxygen atoms in total. The molecule has 3 N–H and O–H groups in total. The van der Waals surface area contributed by atoms with Crippen LogP contribution in [0.5, 0.6) is 0 Å². The second-order valence-electron chi connectivity index (χ2n) is 3.83. The van der Waals surface area contributed by atoms with Crippen molar-refractivity contribution in [1.82, 2.24) is 5.32 Å². The third-order valence-electron chi connectivity index (χ3n) is 2.50. The van der Waals surface area contributed by atoms with Crippen molar-refractivity contribution in [1.29, 1.82) is 0 Å². The Morgan fingerprint density at radius 2 is 2.29 bits per heavy atom. The van der Waals surface area contributed by atoms with E-state index in [4.69, 9.17) is 17.3 Å². The molecule has 0 fully saturated rings. The molecule has 0 heterocycles. The molecule has 1 amide bonds. The Kier molecular flexibility index (Phi) is 5.65. The quantitative estimate of drug-likeness (QED) is 0.811. The lowest BCUT2D eigenvalue weighted by atomic mass is 10.2. The predicted octanol–water partition coefficient (Wildman–Crippen LogP) is 2.79. The molecule has 17 heavy (non-hydrogen) atoms. The van der Waals surface area contributed by atoms with Crippen LogP contribution in [0.1, 0.15) is 23.7 Å². The third kappa shape index (κ3) is 4.48. The van der Waals surface area contributed by atoms with Crippen LogP contribution in [-0.4, -0.2) is 24.0 Å². The Bertz CT molecular complexity index is 398. The lowest BCUT2D eigenvalue weighted by molar-refractivity contribution is 0.0953. The van der Waals surface area contributed by atoms with Gasteiger partial charge in [0.15, 0.2) is 0 Å². The average molecular weight is 273 g/mol. The standard InChI is InChI=1S/C12H17ClN2OS/c1-8(17-2)5-6-15-12(16)9-3-4-10(13)11(14)7-9/h3-4,7-8H,5-6,14H2,1-2H3,(H,15,16). The van der Waals surface area contributed by atoms with Crippen molar-refractivity contribution >= 4 is 35.0 Å². The molecule has 0 bridgehead atoms. The molecule has 0 aliphatic carbocycles. The zero-order valence-corrected chi connectivity index (χ0v) is 11.6. The SMILES string of the molecule is CSC(C)CCNC(=O)c1ccc(Cl)c(N)c1. The van der Waals surface area contributed by atoms with Gasteiger partial charge >= 0.3 is 0 Å². The van der Waals surface area contributed by atoms with E-state index < -0.39 is 0 Å². The van der Waals surface area contributed by atoms with E-state index in [0.717, 1.165) is 6.42 Å². The van der Waals surface area contributed by atoms with Crippen molar-refractivity contribution < 1.29 is 4.79 Å². The first-order valence-corrected chi connectivity index (χ1v) is 7.07. The highest BCUT2D eigenvalue weighted by Crippen LogP contribution is 2.19. The van der Waals surface area contributed by atoms with Crippen LogP contribution in [0, 0.1) is 0 Å². The van der Waals surface area contributed by atoms with Crippen LogP contribution in [-0.2, 0) is 0 Å². The summed E-state index contributed by atoms with van der Waals surface area (Å²) in [7, 11) is 0. The predicted molar refractivity (Wildman–Crippen MR) is 75.8 cm³/mol. The number of benzene rings is 1. The van der Waals surface area contributed by atoms with Gasteiger partial charge in [-0.25, -0.2) is 0 Å². The van der Waals surface area contributed by atoms with E-state index in [9.17, 15) is 4.79 Å². The van der Waals surface area contributed by atoms with Gasteiger partial charge in [0.2, 0.25) is 0 Å². The number of rotatable bonds is 5. The van der Waals surface area contributed by atoms with Gasteiger partial charge in [-0.05, 0) is 30.9 Å². The Balaban J connectivity index is 2.50. The van der Waals surface area contributed by atoms with Crippen LogP contribution in [0.3, 0.4) is 0 Å². The van der Waals surface area contributed by atoms with Crippen LogP contribution in [0.15, 0.2) is 18.2 Å². The van der Waals surface area contributed by atoms with E-state index in [2.05, 4.69) is 18.5 Å². The Labute approximate surface area is 111 Å². The fourth-order valence-electron chi connectivity index (χ4n) is 1.29. The summed E-state index contributed by atoms with van der Waals surface area (Å²) in [5.74, 6) is -0.110. The number of carbonyl (C=O) groups is 1. The van der Waals surface area contributed by atoms with Crippen molar-refractivity contribution in [3.63, 3.8) is 0 Å². The highest BCUT2D eigenvalue weighted by molar-refractivity contribution is 7.99. The maximum atomic E-state index is 11.8. The molecule has 94 valence electrons. The fourth-order valence-corrected chi connectivity index (χ4v) is 1.76. The molecule has 0 aliphatic heterocycles. The summed E-state index contributed by atoms with van der Waals surface area (Å²) >= 11 is 7.58. The Morgan fingerprint density at radius 1 is 1.59 bits per heavy atom. The van der Waals surface area contributed by atoms with Gasteiger partial charge in [-0.1, -0.05) is 18.5 Å². The lowest BCUT2D eigenvalue weighted by Crippen LogP contribution is -2.26. The molecule has 1 atom stereocenters. The average Bonchev–Trinajstić information content (AvgIpc) is 2.32. The van der Waals surface area contributed by atoms with Gasteiger partial charge in [-0.3, -0.25) is 4.79 Å². The van der Waals surface area contributed by atoms with Crippen LogP contribution < -0.4 is 11.1 Å². The molecule has 0 saturated heterocycles. The van der Waals surface area contributed by atoms with Crippen LogP contribution in [0.4, 0.5) is 5.69 Å². The molecule has 0 radical (unpaired) electrons. The summed E-state index contributed by atoms with van der Waals surface area (Å²) in [6, 6.07) is 4.90. The minimum absolute atomic E-state index is 0.110. The first-order chi connectivity index (χ1) is 8.04. The minimum atomic E-state index is -0.110. The molecule has 0 aliphatic rings. The van der Waals surface area contributed by atoms with Crippen molar-refractivity contribution in [3.05, 3.63) is 28.8 Å². The number of nitrogen functional groups attached to an aromatic ring is 1. The summed E-state index contributed by atoms with van der Waals surface area (Å²) in [5.41, 5.74) is 6.61. The van der Waals surface area contributed by atoms with Gasteiger partial charge in [0.1, 0.15) is 0 Å². The number of nitrogens with two attached hydrogens (primary N) is 1. The lowest BCUT2D eigenvalue weighted by Gasteiger charge is -2.09. The smallest absolute Gasteiger partial charge is 0.251 e. The van der Waals surface area contributed by atoms with E-state index in [1.807, 2.05) is 0 Å². The molecule has 1 rings (SSSR count). The highest BCUT2D eigenvalue weighted by Gasteiger charge is 2.07. The Morgan fingerprint density at radius 3 is 2.88 bits per heavy atom. The molecule has 5 heteroatoms. The molecule has 1 aromatic carbocycles. The molecule has 0 aromatic heterocycles. The summed E-state index contributed by atoms with van der Waals surface area (Å²) < 4.78 is 0. The Hall–Kier alpha value is -0.870. The van der Waals surface area contributed by atoms with Crippen molar-refractivity contribution in [2.75, 3.05) is 18.5 Å². The summed E-state index contributed by atoms with van der Waals surface area (Å²) in [4.78, 5) is 11.8. The first kappa shape index (κ1) is 14.2. The van der Waals surface area contributed by atoms with Gasteiger partial charge in [-0.15, -0.1) is 0 Å². The number of anilines is 1. The van der Waals surface area contributed by atoms with E-state index in [-0.39, 0.29) is 5.91 Å². The second-order valence-corrected chi connectivity index (χ2v) is 5.51. The fraction of sp³-hybridized carbons (Fsp3) is 0.417. The number of thioether (sulfide) groups is 1. The highest BCUT2D eigenvalue weighted by atomic mass is 35.5. The van der Waals surface area contributed by atoms with Crippen molar-refractivity contribution in [3.8, 4) is 0 Å². The first-order valence-electron chi connectivity index (χ1n) is 5.40. The molecule has 1 aromatic rings. The molecular formula is C12H17ClN2OS. The van der Waals surface area contributed by atoms with Crippen LogP contribution >= 0.6 is 23.4 Å². The van der Waals surface area contributed by atoms with Crippen LogP contribution in [0.25, 0.3) is 0 Å². The van der Waals surface area contributed by atoms with E-state index in [0.29, 0.717) is 28.1 Å². The zero-order valence-electron chi connectivity index (χ0n) is 10.00. The number of hydrogen-bond donors (Lipinski definition) is 2. The topological polar surface area (TPSA) is 55.1 Å². The maximum Gasteiger partial charge on any atom is 0.251 e. The third-order valence-corrected chi connectivity index (χ3v) is 3.88. The summed E-state index contributed by atoms with van der Waals surface area (Å²) in [6.45, 7) is 2.81. The van der Waals surface area contributed by atoms with Crippen molar-refractivity contribution in [2.24, 2.45) is 0 Å². The van der Waals surface area contributed by atoms with Gasteiger partial charge < -0.3 is 11.1 Å². The van der Waals surface area contributed by atoms with Crippen LogP contribution in [0.2, 0.25) is 5.02 Å². The molecular weight excluding hydrogens is 256 g/mol. The second kappa shape index (κ2) is 6.77. The molecule has 0 saturated carbocycles. The van der Waals surface area contributed by atoms with Gasteiger partial charge in [0.05, 0.1) is 10.7 Å².